The number of aliphatic carboxylic acids is 1. The molecule has 28 heavy (non-hydrogen) atoms. The summed E-state index contributed by atoms with van der Waals surface area (Å²) in [6.45, 7) is 4.26. The van der Waals surface area contributed by atoms with Gasteiger partial charge in [0.1, 0.15) is 5.82 Å². The molecule has 0 fully saturated rings. The SMILES string of the molecule is CC(C)n1c(/C=C/C=C/C=C/C(=O)O)c(-c2ccc(F)cc2)c2ccccc21. The topological polar surface area (TPSA) is 42.2 Å². The Labute approximate surface area is 163 Å². The highest BCUT2D eigenvalue weighted by atomic mass is 19.1. The molecule has 3 rings (SSSR count). The third-order valence-electron chi connectivity index (χ3n) is 4.42. The molecule has 0 unspecified atom stereocenters. The van der Waals surface area contributed by atoms with Crippen LogP contribution in [0.3, 0.4) is 0 Å². The van der Waals surface area contributed by atoms with Gasteiger partial charge in [-0.15, -0.1) is 0 Å². The fraction of sp³-hybridized carbons (Fsp3) is 0.125. The van der Waals surface area contributed by atoms with E-state index in [2.05, 4.69) is 30.5 Å². The Morgan fingerprint density at radius 2 is 1.68 bits per heavy atom. The zero-order valence-electron chi connectivity index (χ0n) is 15.8. The first-order valence-corrected chi connectivity index (χ1v) is 9.12. The minimum absolute atomic E-state index is 0.231. The van der Waals surface area contributed by atoms with Gasteiger partial charge in [0.05, 0.1) is 0 Å². The Morgan fingerprint density at radius 3 is 2.36 bits per heavy atom. The molecule has 1 heterocycles. The van der Waals surface area contributed by atoms with Gasteiger partial charge >= 0.3 is 5.97 Å². The lowest BCUT2D eigenvalue weighted by Crippen LogP contribution is -2.02. The van der Waals surface area contributed by atoms with E-state index in [1.165, 1.54) is 18.2 Å². The molecule has 0 aliphatic rings. The summed E-state index contributed by atoms with van der Waals surface area (Å²) in [7, 11) is 0. The van der Waals surface area contributed by atoms with Gasteiger partial charge in [0.25, 0.3) is 0 Å². The fourth-order valence-electron chi connectivity index (χ4n) is 3.34. The summed E-state index contributed by atoms with van der Waals surface area (Å²) in [5.41, 5.74) is 4.14. The lowest BCUT2D eigenvalue weighted by molar-refractivity contribution is -0.131. The number of allylic oxidation sites excluding steroid dienone is 4. The van der Waals surface area contributed by atoms with E-state index in [4.69, 9.17) is 5.11 Å². The molecule has 0 aliphatic carbocycles. The molecule has 3 nitrogen and oxygen atoms in total. The van der Waals surface area contributed by atoms with Gasteiger partial charge in [0.15, 0.2) is 0 Å². The molecule has 4 heteroatoms. The van der Waals surface area contributed by atoms with Crippen LogP contribution in [0.5, 0.6) is 0 Å². The Bertz CT molecular complexity index is 1070. The number of hydrogen-bond donors (Lipinski definition) is 1. The lowest BCUT2D eigenvalue weighted by atomic mass is 10.0. The Kier molecular flexibility index (Phi) is 5.90. The maximum Gasteiger partial charge on any atom is 0.328 e. The second-order valence-corrected chi connectivity index (χ2v) is 6.69. The van der Waals surface area contributed by atoms with Crippen molar-refractivity contribution >= 4 is 22.9 Å². The van der Waals surface area contributed by atoms with Crippen molar-refractivity contribution in [1.29, 1.82) is 0 Å². The lowest BCUT2D eigenvalue weighted by Gasteiger charge is -2.13. The number of halogens is 1. The van der Waals surface area contributed by atoms with Gasteiger partial charge in [0, 0.05) is 34.3 Å². The highest BCUT2D eigenvalue weighted by Crippen LogP contribution is 2.37. The van der Waals surface area contributed by atoms with Crippen LogP contribution in [0.4, 0.5) is 4.39 Å². The number of carboxylic acid groups (broad SMARTS) is 1. The van der Waals surface area contributed by atoms with Crippen LogP contribution in [-0.2, 0) is 4.79 Å². The van der Waals surface area contributed by atoms with Gasteiger partial charge in [0.2, 0.25) is 0 Å². The van der Waals surface area contributed by atoms with Gasteiger partial charge in [-0.3, -0.25) is 0 Å². The molecule has 0 amide bonds. The number of para-hydroxylation sites is 1. The first-order chi connectivity index (χ1) is 13.5. The van der Waals surface area contributed by atoms with Crippen molar-refractivity contribution < 1.29 is 14.3 Å². The summed E-state index contributed by atoms with van der Waals surface area (Å²) >= 11 is 0. The van der Waals surface area contributed by atoms with E-state index in [1.54, 1.807) is 24.3 Å². The largest absolute Gasteiger partial charge is 0.478 e. The molecule has 0 aliphatic heterocycles. The van der Waals surface area contributed by atoms with Crippen LogP contribution in [0, 0.1) is 5.82 Å². The molecule has 2 aromatic carbocycles. The normalized spacial score (nSPS) is 12.3. The van der Waals surface area contributed by atoms with Gasteiger partial charge in [-0.1, -0.05) is 54.6 Å². The van der Waals surface area contributed by atoms with Crippen LogP contribution in [0.1, 0.15) is 25.6 Å². The van der Waals surface area contributed by atoms with Crippen molar-refractivity contribution in [2.45, 2.75) is 19.9 Å². The minimum atomic E-state index is -0.979. The van der Waals surface area contributed by atoms with Crippen molar-refractivity contribution in [2.75, 3.05) is 0 Å². The summed E-state index contributed by atoms with van der Waals surface area (Å²) < 4.78 is 15.7. The molecule has 0 saturated carbocycles. The maximum atomic E-state index is 13.5. The quantitative estimate of drug-likeness (QED) is 0.409. The average Bonchev–Trinajstić information content (AvgIpc) is 2.99. The van der Waals surface area contributed by atoms with Gasteiger partial charge in [-0.25, -0.2) is 9.18 Å². The predicted octanol–water partition coefficient (Wildman–Crippen LogP) is 6.24. The highest BCUT2D eigenvalue weighted by Gasteiger charge is 2.18. The van der Waals surface area contributed by atoms with Crippen molar-refractivity contribution in [3.05, 3.63) is 90.4 Å². The zero-order valence-corrected chi connectivity index (χ0v) is 15.8. The monoisotopic (exact) mass is 375 g/mol. The Hall–Kier alpha value is -3.40. The number of rotatable bonds is 6. The van der Waals surface area contributed by atoms with E-state index in [0.717, 1.165) is 33.8 Å². The van der Waals surface area contributed by atoms with E-state index in [0.29, 0.717) is 0 Å². The average molecular weight is 375 g/mol. The summed E-state index contributed by atoms with van der Waals surface area (Å²) in [5.74, 6) is -1.24. The molecule has 0 radical (unpaired) electrons. The van der Waals surface area contributed by atoms with E-state index < -0.39 is 5.97 Å². The first kappa shape index (κ1) is 19.4. The standard InChI is InChI=1S/C24H22FNO2/c1-17(2)26-21-10-8-7-9-20(21)24(18-13-15-19(25)16-14-18)22(26)11-5-3-4-6-12-23(27)28/h3-17H,1-2H3,(H,27,28)/b4-3+,11-5+,12-6+. The second-order valence-electron chi connectivity index (χ2n) is 6.69. The Morgan fingerprint density at radius 1 is 1.00 bits per heavy atom. The number of nitrogens with zero attached hydrogens (tertiary/aromatic N) is 1. The molecule has 142 valence electrons. The van der Waals surface area contributed by atoms with Crippen LogP contribution < -0.4 is 0 Å². The van der Waals surface area contributed by atoms with E-state index in [9.17, 15) is 9.18 Å². The highest BCUT2D eigenvalue weighted by molar-refractivity contribution is 6.01. The predicted molar refractivity (Wildman–Crippen MR) is 113 cm³/mol. The van der Waals surface area contributed by atoms with E-state index in [-0.39, 0.29) is 11.9 Å². The molecule has 3 aromatic rings. The van der Waals surface area contributed by atoms with Crippen molar-refractivity contribution in [3.63, 3.8) is 0 Å². The molecular formula is C24H22FNO2. The van der Waals surface area contributed by atoms with Crippen molar-refractivity contribution in [3.8, 4) is 11.1 Å². The molecule has 1 N–H and O–H groups in total. The number of benzene rings is 2. The maximum absolute atomic E-state index is 13.5. The third-order valence-corrected chi connectivity index (χ3v) is 4.42. The first-order valence-electron chi connectivity index (χ1n) is 9.12. The van der Waals surface area contributed by atoms with Gasteiger partial charge in [-0.2, -0.15) is 0 Å². The molecule has 0 saturated heterocycles. The molecule has 0 bridgehead atoms. The number of carbonyl (C=O) groups is 1. The molecule has 0 atom stereocenters. The number of hydrogen-bond acceptors (Lipinski definition) is 1. The molecule has 1 aromatic heterocycles. The van der Waals surface area contributed by atoms with Crippen molar-refractivity contribution in [2.24, 2.45) is 0 Å². The third kappa shape index (κ3) is 4.12. The van der Waals surface area contributed by atoms with Gasteiger partial charge < -0.3 is 9.67 Å². The zero-order chi connectivity index (χ0) is 20.1. The molecular weight excluding hydrogens is 353 g/mol. The minimum Gasteiger partial charge on any atom is -0.478 e. The second kappa shape index (κ2) is 8.53. The number of carboxylic acids is 1. The van der Waals surface area contributed by atoms with Crippen LogP contribution in [0.2, 0.25) is 0 Å². The van der Waals surface area contributed by atoms with E-state index >= 15 is 0 Å². The smallest absolute Gasteiger partial charge is 0.328 e. The van der Waals surface area contributed by atoms with Gasteiger partial charge in [-0.05, 0) is 43.7 Å². The van der Waals surface area contributed by atoms with Crippen molar-refractivity contribution in [1.82, 2.24) is 4.57 Å². The van der Waals surface area contributed by atoms with Crippen LogP contribution >= 0.6 is 0 Å². The summed E-state index contributed by atoms with van der Waals surface area (Å²) in [6, 6.07) is 15.0. The van der Waals surface area contributed by atoms with E-state index in [1.807, 2.05) is 24.3 Å². The number of aromatic nitrogens is 1. The number of fused-ring (bicyclic) bond motifs is 1. The van der Waals surface area contributed by atoms with Crippen LogP contribution in [0.15, 0.2) is 78.9 Å². The summed E-state index contributed by atoms with van der Waals surface area (Å²) in [6.07, 6.45) is 9.90. The van der Waals surface area contributed by atoms with Crippen LogP contribution in [-0.4, -0.2) is 15.6 Å². The summed E-state index contributed by atoms with van der Waals surface area (Å²) in [4.78, 5) is 10.5. The molecule has 0 spiro atoms. The fourth-order valence-corrected chi connectivity index (χ4v) is 3.34. The van der Waals surface area contributed by atoms with Crippen LogP contribution in [0.25, 0.3) is 28.1 Å². The summed E-state index contributed by atoms with van der Waals surface area (Å²) in [5, 5.41) is 9.75. The Balaban J connectivity index is 2.16.